The van der Waals surface area contributed by atoms with E-state index in [1.165, 1.54) is 6.42 Å². The molecule has 0 spiro atoms. The van der Waals surface area contributed by atoms with Crippen molar-refractivity contribution in [1.29, 1.82) is 0 Å². The van der Waals surface area contributed by atoms with E-state index in [9.17, 15) is 9.59 Å². The van der Waals surface area contributed by atoms with Crippen molar-refractivity contribution < 1.29 is 33.3 Å². The van der Waals surface area contributed by atoms with Gasteiger partial charge in [-0.25, -0.2) is 4.79 Å². The highest BCUT2D eigenvalue weighted by Crippen LogP contribution is 2.45. The number of benzene rings is 1. The molecule has 2 fully saturated rings. The zero-order valence-corrected chi connectivity index (χ0v) is 21.5. The molecule has 1 aliphatic carbocycles. The molecule has 36 heavy (non-hydrogen) atoms. The van der Waals surface area contributed by atoms with Crippen molar-refractivity contribution in [3.8, 4) is 17.2 Å². The Balaban J connectivity index is 1.77. The Morgan fingerprint density at radius 2 is 1.53 bits per heavy atom. The van der Waals surface area contributed by atoms with Gasteiger partial charge >= 0.3 is 5.97 Å². The maximum atomic E-state index is 14.3. The van der Waals surface area contributed by atoms with E-state index in [1.807, 2.05) is 24.3 Å². The average Bonchev–Trinajstić information content (AvgIpc) is 2.92. The third-order valence-corrected chi connectivity index (χ3v) is 7.46. The van der Waals surface area contributed by atoms with Crippen LogP contribution >= 0.6 is 0 Å². The lowest BCUT2D eigenvalue weighted by Gasteiger charge is -2.39. The first-order chi connectivity index (χ1) is 17.6. The van der Waals surface area contributed by atoms with Gasteiger partial charge in [0, 0.05) is 6.54 Å². The van der Waals surface area contributed by atoms with Crippen LogP contribution in [0.1, 0.15) is 62.8 Å². The van der Waals surface area contributed by atoms with Crippen LogP contribution in [0.25, 0.3) is 0 Å². The smallest absolute Gasteiger partial charge is 0.328 e. The fraction of sp³-hybridized carbons (Fsp3) is 0.643. The van der Waals surface area contributed by atoms with Crippen molar-refractivity contribution in [2.24, 2.45) is 5.92 Å². The molecule has 8 nitrogen and oxygen atoms in total. The fourth-order valence-electron chi connectivity index (χ4n) is 5.64. The maximum Gasteiger partial charge on any atom is 0.328 e. The normalized spacial score (nSPS) is 25.7. The predicted octanol–water partition coefficient (Wildman–Crippen LogP) is 4.26. The van der Waals surface area contributed by atoms with E-state index in [-0.39, 0.29) is 24.4 Å². The first-order valence-corrected chi connectivity index (χ1v) is 13.2. The summed E-state index contributed by atoms with van der Waals surface area (Å²) in [4.78, 5) is 29.1. The number of amides is 1. The van der Waals surface area contributed by atoms with E-state index in [1.54, 1.807) is 19.1 Å². The van der Waals surface area contributed by atoms with Gasteiger partial charge in [0.1, 0.15) is 19.3 Å². The Morgan fingerprint density at radius 3 is 2.25 bits per heavy atom. The fourth-order valence-corrected chi connectivity index (χ4v) is 5.64. The molecule has 0 unspecified atom stereocenters. The van der Waals surface area contributed by atoms with Gasteiger partial charge in [0.05, 0.1) is 33.4 Å². The van der Waals surface area contributed by atoms with E-state index in [0.717, 1.165) is 44.1 Å². The van der Waals surface area contributed by atoms with E-state index in [4.69, 9.17) is 23.7 Å². The van der Waals surface area contributed by atoms with Crippen molar-refractivity contribution in [2.45, 2.75) is 63.3 Å². The summed E-state index contributed by atoms with van der Waals surface area (Å²) in [6, 6.07) is 3.24. The highest BCUT2D eigenvalue weighted by Gasteiger charge is 2.40. The average molecular weight is 502 g/mol. The quantitative estimate of drug-likeness (QED) is 0.452. The molecule has 1 saturated heterocycles. The van der Waals surface area contributed by atoms with Gasteiger partial charge in [0.2, 0.25) is 11.7 Å². The van der Waals surface area contributed by atoms with Crippen molar-refractivity contribution in [3.05, 3.63) is 29.8 Å². The zero-order chi connectivity index (χ0) is 25.3. The van der Waals surface area contributed by atoms with E-state index in [2.05, 4.69) is 0 Å². The Bertz CT molecular complexity index is 899. The Hall–Kier alpha value is -2.74. The van der Waals surface area contributed by atoms with Gasteiger partial charge in [-0.05, 0) is 61.8 Å². The molecule has 2 atom stereocenters. The van der Waals surface area contributed by atoms with Crippen LogP contribution < -0.4 is 14.2 Å². The number of nitrogens with zero attached hydrogens (tertiary/aromatic N) is 1. The third-order valence-electron chi connectivity index (χ3n) is 7.46. The Morgan fingerprint density at radius 1 is 0.833 bits per heavy atom. The number of carbonyl (C=O) groups excluding carboxylic acids is 2. The van der Waals surface area contributed by atoms with Gasteiger partial charge in [0.25, 0.3) is 0 Å². The molecule has 4 aliphatic rings. The van der Waals surface area contributed by atoms with Gasteiger partial charge < -0.3 is 28.6 Å². The minimum absolute atomic E-state index is 0.0124. The van der Waals surface area contributed by atoms with E-state index >= 15 is 0 Å². The van der Waals surface area contributed by atoms with Crippen LogP contribution in [0.15, 0.2) is 24.3 Å². The second kappa shape index (κ2) is 13.0. The lowest BCUT2D eigenvalue weighted by Crippen LogP contribution is -2.51. The molecule has 1 saturated carbocycles. The molecule has 2 bridgehead atoms. The lowest BCUT2D eigenvalue weighted by atomic mass is 9.75. The third kappa shape index (κ3) is 6.14. The molecule has 3 aliphatic heterocycles. The molecule has 1 aromatic carbocycles. The number of hydrogen-bond donors (Lipinski definition) is 0. The largest absolute Gasteiger partial charge is 0.493 e. The predicted molar refractivity (Wildman–Crippen MR) is 135 cm³/mol. The summed E-state index contributed by atoms with van der Waals surface area (Å²) in [5.41, 5.74) is 0.843. The topological polar surface area (TPSA) is 83.5 Å². The van der Waals surface area contributed by atoms with Crippen molar-refractivity contribution in [3.63, 3.8) is 0 Å². The van der Waals surface area contributed by atoms with Gasteiger partial charge in [-0.2, -0.15) is 0 Å². The van der Waals surface area contributed by atoms with Crippen LogP contribution in [0.3, 0.4) is 0 Å². The number of fused-ring (bicyclic) bond motifs is 11. The Kier molecular flexibility index (Phi) is 9.50. The van der Waals surface area contributed by atoms with Gasteiger partial charge in [0.15, 0.2) is 11.5 Å². The molecule has 3 heterocycles. The molecule has 0 radical (unpaired) electrons. The van der Waals surface area contributed by atoms with Crippen LogP contribution in [0.5, 0.6) is 17.2 Å². The highest BCUT2D eigenvalue weighted by atomic mass is 16.6. The standard InChI is InChI=1S/C28H39NO7/c1-32-23-18-21-19-24(33-2)26(23)35-15-9-8-14-34-16-17-36-28(31)22-12-6-7-13-29(22)27(30)25(21)20-10-4-3-5-11-20/h8-9,18-20,22,25H,3-7,10-17H2,1-2H3/b9-8+/t22-,25-/m0/s1. The van der Waals surface area contributed by atoms with Gasteiger partial charge in [-0.3, -0.25) is 4.79 Å². The number of carbonyl (C=O) groups is 2. The highest BCUT2D eigenvalue weighted by molar-refractivity contribution is 5.89. The van der Waals surface area contributed by atoms with Crippen LogP contribution in [0.2, 0.25) is 0 Å². The first-order valence-electron chi connectivity index (χ1n) is 13.2. The number of hydrogen-bond acceptors (Lipinski definition) is 7. The van der Waals surface area contributed by atoms with Crippen molar-refractivity contribution in [1.82, 2.24) is 4.90 Å². The monoisotopic (exact) mass is 501 g/mol. The Labute approximate surface area is 213 Å². The second-order valence-electron chi connectivity index (χ2n) is 9.70. The number of ether oxygens (including phenoxy) is 5. The SMILES string of the molecule is COc1cc2cc(OC)c1OC/C=C/COCCOC(=O)[C@@H]1CCCCN1C(=O)[C@H]2C1CCCCC1. The van der Waals surface area contributed by atoms with E-state index in [0.29, 0.717) is 50.0 Å². The van der Waals surface area contributed by atoms with Crippen LogP contribution in [-0.4, -0.2) is 70.0 Å². The summed E-state index contributed by atoms with van der Waals surface area (Å²) >= 11 is 0. The molecular formula is C28H39NO7. The maximum absolute atomic E-state index is 14.3. The molecule has 5 rings (SSSR count). The van der Waals surface area contributed by atoms with Crippen molar-refractivity contribution in [2.75, 3.05) is 47.2 Å². The van der Waals surface area contributed by atoms with Crippen LogP contribution in [-0.2, 0) is 19.1 Å². The molecule has 0 N–H and O–H groups in total. The summed E-state index contributed by atoms with van der Waals surface area (Å²) in [6.07, 6.45) is 11.4. The molecule has 8 heteroatoms. The van der Waals surface area contributed by atoms with Crippen LogP contribution in [0, 0.1) is 5.92 Å². The summed E-state index contributed by atoms with van der Waals surface area (Å²) in [5.74, 6) is 0.998. The van der Waals surface area contributed by atoms with Gasteiger partial charge in [-0.15, -0.1) is 0 Å². The summed E-state index contributed by atoms with van der Waals surface area (Å²) < 4.78 is 28.5. The van der Waals surface area contributed by atoms with Crippen LogP contribution in [0.4, 0.5) is 0 Å². The van der Waals surface area contributed by atoms with Gasteiger partial charge in [-0.1, -0.05) is 25.3 Å². The number of methoxy groups -OCH3 is 2. The zero-order valence-electron chi connectivity index (χ0n) is 21.5. The number of piperidine rings is 1. The summed E-state index contributed by atoms with van der Waals surface area (Å²) in [5, 5.41) is 0. The number of esters is 1. The lowest BCUT2D eigenvalue weighted by molar-refractivity contribution is -0.159. The minimum atomic E-state index is -0.567. The van der Waals surface area contributed by atoms with Crippen molar-refractivity contribution >= 4 is 11.9 Å². The molecule has 1 aromatic rings. The van der Waals surface area contributed by atoms with E-state index < -0.39 is 12.0 Å². The second-order valence-corrected chi connectivity index (χ2v) is 9.70. The molecular weight excluding hydrogens is 462 g/mol. The minimum Gasteiger partial charge on any atom is -0.493 e. The summed E-state index contributed by atoms with van der Waals surface area (Å²) in [7, 11) is 3.18. The number of rotatable bonds is 3. The molecule has 198 valence electrons. The molecule has 0 aromatic heterocycles. The first kappa shape index (κ1) is 26.3. The summed E-state index contributed by atoms with van der Waals surface area (Å²) in [6.45, 7) is 1.71. The molecule has 1 amide bonds.